The van der Waals surface area contributed by atoms with Gasteiger partial charge in [-0.2, -0.15) is 0 Å². The second-order valence-electron chi connectivity index (χ2n) is 2.51. The molecule has 0 fully saturated rings. The SMILES string of the molecule is CCn1c(C(=O)O)cc(Cl)c1C. The quantitative estimate of drug-likeness (QED) is 0.771. The van der Waals surface area contributed by atoms with E-state index >= 15 is 0 Å². The number of hydrogen-bond donors (Lipinski definition) is 1. The van der Waals surface area contributed by atoms with Crippen molar-refractivity contribution in [3.05, 3.63) is 22.5 Å². The average Bonchev–Trinajstić information content (AvgIpc) is 2.29. The van der Waals surface area contributed by atoms with Crippen molar-refractivity contribution in [1.29, 1.82) is 0 Å². The van der Waals surface area contributed by atoms with Gasteiger partial charge in [0.1, 0.15) is 5.69 Å². The lowest BCUT2D eigenvalue weighted by Gasteiger charge is -2.03. The second kappa shape index (κ2) is 3.19. The minimum absolute atomic E-state index is 0.250. The number of carboxylic acids is 1. The van der Waals surface area contributed by atoms with Crippen LogP contribution in [0.3, 0.4) is 0 Å². The van der Waals surface area contributed by atoms with E-state index in [0.717, 1.165) is 5.69 Å². The summed E-state index contributed by atoms with van der Waals surface area (Å²) < 4.78 is 1.67. The van der Waals surface area contributed by atoms with E-state index in [1.807, 2.05) is 6.92 Å². The minimum atomic E-state index is -0.938. The van der Waals surface area contributed by atoms with Crippen LogP contribution in [0.1, 0.15) is 23.1 Å². The van der Waals surface area contributed by atoms with Crippen molar-refractivity contribution in [2.45, 2.75) is 20.4 Å². The predicted molar refractivity (Wildman–Crippen MR) is 46.8 cm³/mol. The van der Waals surface area contributed by atoms with Crippen LogP contribution >= 0.6 is 11.6 Å². The molecule has 12 heavy (non-hydrogen) atoms. The molecule has 0 saturated carbocycles. The molecule has 1 N–H and O–H groups in total. The first-order valence-corrected chi connectivity index (χ1v) is 4.04. The van der Waals surface area contributed by atoms with E-state index in [9.17, 15) is 4.79 Å². The molecule has 0 aliphatic carbocycles. The number of halogens is 1. The van der Waals surface area contributed by atoms with E-state index < -0.39 is 5.97 Å². The molecule has 0 aliphatic rings. The van der Waals surface area contributed by atoms with E-state index in [-0.39, 0.29) is 5.69 Å². The lowest BCUT2D eigenvalue weighted by atomic mass is 10.4. The fourth-order valence-electron chi connectivity index (χ4n) is 1.20. The molecule has 0 aromatic carbocycles. The van der Waals surface area contributed by atoms with E-state index in [4.69, 9.17) is 16.7 Å². The van der Waals surface area contributed by atoms with Crippen LogP contribution in [0.4, 0.5) is 0 Å². The van der Waals surface area contributed by atoms with Gasteiger partial charge in [0, 0.05) is 12.2 Å². The maximum Gasteiger partial charge on any atom is 0.352 e. The van der Waals surface area contributed by atoms with Crippen molar-refractivity contribution in [2.24, 2.45) is 0 Å². The number of rotatable bonds is 2. The van der Waals surface area contributed by atoms with Gasteiger partial charge in [-0.15, -0.1) is 0 Å². The van der Waals surface area contributed by atoms with Gasteiger partial charge in [-0.05, 0) is 19.9 Å². The number of hydrogen-bond acceptors (Lipinski definition) is 1. The van der Waals surface area contributed by atoms with Gasteiger partial charge in [0.15, 0.2) is 0 Å². The van der Waals surface area contributed by atoms with Gasteiger partial charge in [0.2, 0.25) is 0 Å². The Morgan fingerprint density at radius 3 is 2.67 bits per heavy atom. The molecule has 1 aromatic heterocycles. The minimum Gasteiger partial charge on any atom is -0.477 e. The molecule has 1 aromatic rings. The zero-order valence-corrected chi connectivity index (χ0v) is 7.72. The van der Waals surface area contributed by atoms with Crippen molar-refractivity contribution < 1.29 is 9.90 Å². The molecule has 0 saturated heterocycles. The Labute approximate surface area is 75.6 Å². The summed E-state index contributed by atoms with van der Waals surface area (Å²) in [4.78, 5) is 10.7. The van der Waals surface area contributed by atoms with Crippen molar-refractivity contribution in [1.82, 2.24) is 4.57 Å². The van der Waals surface area contributed by atoms with Crippen LogP contribution in [0.15, 0.2) is 6.07 Å². The van der Waals surface area contributed by atoms with Gasteiger partial charge in [-0.25, -0.2) is 4.79 Å². The lowest BCUT2D eigenvalue weighted by Crippen LogP contribution is -2.07. The average molecular weight is 188 g/mol. The lowest BCUT2D eigenvalue weighted by molar-refractivity contribution is 0.0685. The van der Waals surface area contributed by atoms with Crippen LogP contribution in [0.5, 0.6) is 0 Å². The predicted octanol–water partition coefficient (Wildman–Crippen LogP) is 2.17. The van der Waals surface area contributed by atoms with Crippen LogP contribution in [0, 0.1) is 6.92 Å². The van der Waals surface area contributed by atoms with Gasteiger partial charge >= 0.3 is 5.97 Å². The van der Waals surface area contributed by atoms with Gasteiger partial charge in [-0.3, -0.25) is 0 Å². The van der Waals surface area contributed by atoms with E-state index in [1.165, 1.54) is 6.07 Å². The monoisotopic (exact) mass is 187 g/mol. The largest absolute Gasteiger partial charge is 0.477 e. The van der Waals surface area contributed by atoms with Crippen molar-refractivity contribution in [2.75, 3.05) is 0 Å². The third-order valence-corrected chi connectivity index (χ3v) is 2.22. The first kappa shape index (κ1) is 9.13. The number of carbonyl (C=O) groups is 1. The van der Waals surface area contributed by atoms with Gasteiger partial charge < -0.3 is 9.67 Å². The molecule has 0 unspecified atom stereocenters. The number of aromatic nitrogens is 1. The third-order valence-electron chi connectivity index (χ3n) is 1.84. The Morgan fingerprint density at radius 2 is 2.33 bits per heavy atom. The van der Waals surface area contributed by atoms with Crippen LogP contribution in [-0.2, 0) is 6.54 Å². The summed E-state index contributed by atoms with van der Waals surface area (Å²) in [5, 5.41) is 9.26. The highest BCUT2D eigenvalue weighted by Gasteiger charge is 2.13. The zero-order chi connectivity index (χ0) is 9.30. The number of carboxylic acid groups (broad SMARTS) is 1. The molecule has 1 heterocycles. The Morgan fingerprint density at radius 1 is 1.75 bits per heavy atom. The van der Waals surface area contributed by atoms with Crippen molar-refractivity contribution in [3.63, 3.8) is 0 Å². The summed E-state index contributed by atoms with van der Waals surface area (Å²) in [6.07, 6.45) is 0. The smallest absolute Gasteiger partial charge is 0.352 e. The highest BCUT2D eigenvalue weighted by Crippen LogP contribution is 2.20. The van der Waals surface area contributed by atoms with Crippen LogP contribution < -0.4 is 0 Å². The highest BCUT2D eigenvalue weighted by molar-refractivity contribution is 6.31. The van der Waals surface area contributed by atoms with Crippen LogP contribution in [-0.4, -0.2) is 15.6 Å². The maximum absolute atomic E-state index is 10.7. The Kier molecular flexibility index (Phi) is 2.43. The molecule has 0 spiro atoms. The third kappa shape index (κ3) is 1.32. The molecule has 1 rings (SSSR count). The maximum atomic E-state index is 10.7. The summed E-state index contributed by atoms with van der Waals surface area (Å²) in [5.41, 5.74) is 1.05. The van der Waals surface area contributed by atoms with Crippen LogP contribution in [0.2, 0.25) is 5.02 Å². The Bertz CT molecular complexity index is 317. The fourth-order valence-corrected chi connectivity index (χ4v) is 1.40. The summed E-state index contributed by atoms with van der Waals surface area (Å²) in [6.45, 7) is 4.31. The highest BCUT2D eigenvalue weighted by atomic mass is 35.5. The van der Waals surface area contributed by atoms with Crippen molar-refractivity contribution in [3.8, 4) is 0 Å². The van der Waals surface area contributed by atoms with Crippen molar-refractivity contribution >= 4 is 17.6 Å². The Hall–Kier alpha value is -0.960. The topological polar surface area (TPSA) is 42.2 Å². The molecule has 0 atom stereocenters. The van der Waals surface area contributed by atoms with E-state index in [1.54, 1.807) is 11.5 Å². The normalized spacial score (nSPS) is 10.2. The molecule has 4 heteroatoms. The first-order chi connectivity index (χ1) is 5.57. The van der Waals surface area contributed by atoms with Crippen LogP contribution in [0.25, 0.3) is 0 Å². The summed E-state index contributed by atoms with van der Waals surface area (Å²) in [7, 11) is 0. The fraction of sp³-hybridized carbons (Fsp3) is 0.375. The van der Waals surface area contributed by atoms with Gasteiger partial charge in [-0.1, -0.05) is 11.6 Å². The molecule has 0 bridgehead atoms. The zero-order valence-electron chi connectivity index (χ0n) is 6.97. The molecule has 0 aliphatic heterocycles. The second-order valence-corrected chi connectivity index (χ2v) is 2.92. The molecule has 66 valence electrons. The summed E-state index contributed by atoms with van der Waals surface area (Å²) in [6, 6.07) is 1.47. The van der Waals surface area contributed by atoms with E-state index in [2.05, 4.69) is 0 Å². The molecule has 0 amide bonds. The molecule has 3 nitrogen and oxygen atoms in total. The Balaban J connectivity index is 3.29. The standard InChI is InChI=1S/C8H10ClNO2/c1-3-10-5(2)6(9)4-7(10)8(11)12/h4H,3H2,1-2H3,(H,11,12). The number of aromatic carboxylic acids is 1. The number of nitrogens with zero attached hydrogens (tertiary/aromatic N) is 1. The molecular formula is C8H10ClNO2. The van der Waals surface area contributed by atoms with Gasteiger partial charge in [0.25, 0.3) is 0 Å². The summed E-state index contributed by atoms with van der Waals surface area (Å²) >= 11 is 5.77. The van der Waals surface area contributed by atoms with Gasteiger partial charge in [0.05, 0.1) is 5.02 Å². The summed E-state index contributed by atoms with van der Waals surface area (Å²) in [5.74, 6) is -0.938. The van der Waals surface area contributed by atoms with E-state index in [0.29, 0.717) is 11.6 Å². The first-order valence-electron chi connectivity index (χ1n) is 3.66. The molecular weight excluding hydrogens is 178 g/mol. The molecule has 0 radical (unpaired) electrons.